The van der Waals surface area contributed by atoms with Gasteiger partial charge in [-0.2, -0.15) is 5.10 Å². The molecule has 2 aliphatic rings. The van der Waals surface area contributed by atoms with Crippen LogP contribution < -0.4 is 10.6 Å². The number of aromatic nitrogens is 2. The first-order chi connectivity index (χ1) is 15.3. The lowest BCUT2D eigenvalue weighted by molar-refractivity contribution is 0.0890. The maximum absolute atomic E-state index is 13.6. The summed E-state index contributed by atoms with van der Waals surface area (Å²) in [6.45, 7) is 8.59. The maximum atomic E-state index is 13.6. The molecule has 2 atom stereocenters. The number of amides is 1. The molecule has 0 fully saturated rings. The number of benzene rings is 1. The number of carbonyl (C=O) groups excluding carboxylic acids is 1. The lowest BCUT2D eigenvalue weighted by Gasteiger charge is -2.41. The average molecular weight is 453 g/mol. The Kier molecular flexibility index (Phi) is 6.22. The third kappa shape index (κ3) is 4.11. The summed E-state index contributed by atoms with van der Waals surface area (Å²) in [6.07, 6.45) is 13.9. The molecule has 0 saturated heterocycles. The molecule has 1 aromatic heterocycles. The highest BCUT2D eigenvalue weighted by Crippen LogP contribution is 2.38. The number of hydrogen-bond donors (Lipinski definition) is 2. The van der Waals surface area contributed by atoms with Crippen molar-refractivity contribution in [2.75, 3.05) is 5.32 Å². The highest BCUT2D eigenvalue weighted by atomic mass is 35.5. The van der Waals surface area contributed by atoms with Gasteiger partial charge in [0.1, 0.15) is 11.4 Å². The van der Waals surface area contributed by atoms with E-state index in [1.165, 1.54) is 0 Å². The molecule has 1 aromatic carbocycles. The third-order valence-corrected chi connectivity index (χ3v) is 7.37. The molecule has 0 saturated carbocycles. The van der Waals surface area contributed by atoms with E-state index in [9.17, 15) is 4.79 Å². The molecule has 5 nitrogen and oxygen atoms in total. The van der Waals surface area contributed by atoms with E-state index in [1.54, 1.807) is 6.20 Å². The summed E-state index contributed by atoms with van der Waals surface area (Å²) in [7, 11) is 0. The Bertz CT molecular complexity index is 1030. The first-order valence-electron chi connectivity index (χ1n) is 11.6. The number of nitrogens with zero attached hydrogens (tertiary/aromatic N) is 2. The van der Waals surface area contributed by atoms with Crippen molar-refractivity contribution in [3.63, 3.8) is 0 Å². The average Bonchev–Trinajstić information content (AvgIpc) is 3.24. The number of nitrogens with one attached hydrogen (secondary N) is 2. The molecule has 4 rings (SSSR count). The van der Waals surface area contributed by atoms with Gasteiger partial charge in [0.05, 0.1) is 17.3 Å². The zero-order valence-corrected chi connectivity index (χ0v) is 20.1. The van der Waals surface area contributed by atoms with Gasteiger partial charge in [-0.1, -0.05) is 61.9 Å². The molecule has 0 bridgehead atoms. The number of anilines is 1. The lowest BCUT2D eigenvalue weighted by Crippen LogP contribution is -2.47. The molecule has 0 spiro atoms. The molecule has 1 aliphatic heterocycles. The van der Waals surface area contributed by atoms with Gasteiger partial charge in [0, 0.05) is 17.0 Å². The van der Waals surface area contributed by atoms with E-state index < -0.39 is 5.54 Å². The van der Waals surface area contributed by atoms with Crippen LogP contribution >= 0.6 is 11.6 Å². The fraction of sp³-hybridized carbons (Fsp3) is 0.462. The third-order valence-electron chi connectivity index (χ3n) is 7.12. The van der Waals surface area contributed by atoms with E-state index in [2.05, 4.69) is 67.7 Å². The second-order valence-corrected chi connectivity index (χ2v) is 9.99. The number of fused-ring (bicyclic) bond motifs is 1. The molecule has 170 valence electrons. The van der Waals surface area contributed by atoms with Gasteiger partial charge in [-0.25, -0.2) is 4.68 Å². The molecule has 2 heterocycles. The summed E-state index contributed by atoms with van der Waals surface area (Å²) in [5.74, 6) is 1.11. The monoisotopic (exact) mass is 452 g/mol. The van der Waals surface area contributed by atoms with Crippen LogP contribution in [0.5, 0.6) is 0 Å². The molecule has 2 N–H and O–H groups in total. The van der Waals surface area contributed by atoms with Crippen LogP contribution in [0.15, 0.2) is 54.8 Å². The Hall–Kier alpha value is -2.53. The normalized spacial score (nSPS) is 21.7. The van der Waals surface area contributed by atoms with Crippen molar-refractivity contribution in [2.24, 2.45) is 5.92 Å². The number of rotatable bonds is 6. The van der Waals surface area contributed by atoms with Gasteiger partial charge < -0.3 is 10.6 Å². The van der Waals surface area contributed by atoms with Crippen molar-refractivity contribution < 1.29 is 4.79 Å². The van der Waals surface area contributed by atoms with E-state index in [-0.39, 0.29) is 17.5 Å². The van der Waals surface area contributed by atoms with Gasteiger partial charge in [-0.05, 0) is 57.2 Å². The van der Waals surface area contributed by atoms with E-state index in [0.717, 1.165) is 37.1 Å². The minimum absolute atomic E-state index is 0.104. The molecule has 1 aliphatic carbocycles. The second-order valence-electron chi connectivity index (χ2n) is 9.55. The van der Waals surface area contributed by atoms with Gasteiger partial charge in [0.25, 0.3) is 5.91 Å². The Labute approximate surface area is 195 Å². The molecule has 32 heavy (non-hydrogen) atoms. The molecule has 2 aromatic rings. The number of hydrogen-bond acceptors (Lipinski definition) is 3. The van der Waals surface area contributed by atoms with Gasteiger partial charge in [0.15, 0.2) is 0 Å². The van der Waals surface area contributed by atoms with Gasteiger partial charge in [-0.3, -0.25) is 4.79 Å². The highest BCUT2D eigenvalue weighted by Gasteiger charge is 2.39. The minimum Gasteiger partial charge on any atom is -0.366 e. The standard InChI is InChI=1S/C26H33ClN4O/c1-5-26(6-2,19-12-14-20(27)15-13-19)30-24(32)21-17-28-31-23(21)29-22(16-25(31,3)4)18-10-8-7-9-11-18/h7-10,12-15,17-18,22,29H,5-6,11,16H2,1-4H3,(H,30,32)/t18?,22-/m1/s1. The lowest BCUT2D eigenvalue weighted by atomic mass is 9.82. The molecule has 1 amide bonds. The highest BCUT2D eigenvalue weighted by molar-refractivity contribution is 6.30. The first-order valence-corrected chi connectivity index (χ1v) is 11.9. The predicted molar refractivity (Wildman–Crippen MR) is 131 cm³/mol. The predicted octanol–water partition coefficient (Wildman–Crippen LogP) is 6.03. The van der Waals surface area contributed by atoms with Crippen molar-refractivity contribution >= 4 is 23.3 Å². The van der Waals surface area contributed by atoms with Crippen LogP contribution in [0.3, 0.4) is 0 Å². The quantitative estimate of drug-likeness (QED) is 0.562. The Morgan fingerprint density at radius 2 is 1.97 bits per heavy atom. The van der Waals surface area contributed by atoms with Crippen LogP contribution in [0.25, 0.3) is 0 Å². The van der Waals surface area contributed by atoms with Gasteiger partial charge >= 0.3 is 0 Å². The van der Waals surface area contributed by atoms with Crippen molar-refractivity contribution in [3.8, 4) is 0 Å². The molecular formula is C26H33ClN4O. The zero-order valence-electron chi connectivity index (χ0n) is 19.4. The van der Waals surface area contributed by atoms with Crippen LogP contribution in [0.2, 0.25) is 5.02 Å². The fourth-order valence-electron chi connectivity index (χ4n) is 5.08. The number of allylic oxidation sites excluding steroid dienone is 3. The molecule has 0 radical (unpaired) electrons. The van der Waals surface area contributed by atoms with Crippen LogP contribution in [0.1, 0.15) is 69.3 Å². The van der Waals surface area contributed by atoms with Gasteiger partial charge in [-0.15, -0.1) is 0 Å². The maximum Gasteiger partial charge on any atom is 0.257 e. The van der Waals surface area contributed by atoms with Crippen molar-refractivity contribution in [1.29, 1.82) is 0 Å². The number of halogens is 1. The van der Waals surface area contributed by atoms with E-state index in [4.69, 9.17) is 11.6 Å². The van der Waals surface area contributed by atoms with E-state index >= 15 is 0 Å². The fourth-order valence-corrected chi connectivity index (χ4v) is 5.21. The Morgan fingerprint density at radius 3 is 2.59 bits per heavy atom. The SMILES string of the molecule is CCC(CC)(NC(=O)c1cnn2c1N[C@@H](C1C=CC=CC1)CC2(C)C)c1ccc(Cl)cc1. The van der Waals surface area contributed by atoms with Crippen LogP contribution in [-0.4, -0.2) is 21.7 Å². The van der Waals surface area contributed by atoms with E-state index in [1.807, 2.05) is 28.9 Å². The number of carbonyl (C=O) groups is 1. The minimum atomic E-state index is -0.461. The summed E-state index contributed by atoms with van der Waals surface area (Å²) in [5.41, 5.74) is 1.02. The molecular weight excluding hydrogens is 420 g/mol. The Morgan fingerprint density at radius 1 is 1.25 bits per heavy atom. The smallest absolute Gasteiger partial charge is 0.257 e. The molecule has 6 heteroatoms. The Balaban J connectivity index is 1.64. The van der Waals surface area contributed by atoms with Gasteiger partial charge in [0.2, 0.25) is 0 Å². The zero-order chi connectivity index (χ0) is 22.9. The summed E-state index contributed by atoms with van der Waals surface area (Å²) < 4.78 is 1.97. The second kappa shape index (κ2) is 8.78. The van der Waals surface area contributed by atoms with Crippen molar-refractivity contribution in [2.45, 2.75) is 70.5 Å². The van der Waals surface area contributed by atoms with Crippen LogP contribution in [0, 0.1) is 5.92 Å². The topological polar surface area (TPSA) is 59.0 Å². The summed E-state index contributed by atoms with van der Waals surface area (Å²) >= 11 is 6.10. The van der Waals surface area contributed by atoms with Crippen LogP contribution in [0.4, 0.5) is 5.82 Å². The summed E-state index contributed by atoms with van der Waals surface area (Å²) in [6, 6.07) is 8.02. The summed E-state index contributed by atoms with van der Waals surface area (Å²) in [4.78, 5) is 13.6. The molecule has 1 unspecified atom stereocenters. The van der Waals surface area contributed by atoms with Crippen molar-refractivity contribution in [1.82, 2.24) is 15.1 Å². The van der Waals surface area contributed by atoms with E-state index in [0.29, 0.717) is 16.5 Å². The van der Waals surface area contributed by atoms with Crippen LogP contribution in [-0.2, 0) is 11.1 Å². The van der Waals surface area contributed by atoms with Crippen molar-refractivity contribution in [3.05, 3.63) is 70.9 Å². The first kappa shape index (κ1) is 22.7. The summed E-state index contributed by atoms with van der Waals surface area (Å²) in [5, 5.41) is 12.3. The largest absolute Gasteiger partial charge is 0.366 e.